The van der Waals surface area contributed by atoms with Crippen LogP contribution in [0.25, 0.3) is 0 Å². The average molecular weight is 668 g/mol. The van der Waals surface area contributed by atoms with Gasteiger partial charge in [-0.25, -0.2) is 26.3 Å². The van der Waals surface area contributed by atoms with Crippen LogP contribution in [0.3, 0.4) is 0 Å². The van der Waals surface area contributed by atoms with Crippen molar-refractivity contribution in [1.82, 2.24) is 88.6 Å². The normalized spacial score (nSPS) is 30.1. The number of aliphatic imine (C=N–C) groups is 3. The Morgan fingerprint density at radius 3 is 2.35 bits per heavy atom. The van der Waals surface area contributed by atoms with E-state index in [1.807, 2.05) is 67.8 Å². The first-order chi connectivity index (χ1) is 23.9. The highest BCUT2D eigenvalue weighted by molar-refractivity contribution is 5.68. The molecular weight excluding hydrogens is 624 g/mol. The molecule has 258 valence electrons. The Bertz CT molecular complexity index is 1370. The minimum absolute atomic E-state index is 0.192. The zero-order valence-corrected chi connectivity index (χ0v) is 26.5. The van der Waals surface area contributed by atoms with Crippen molar-refractivity contribution in [3.05, 3.63) is 24.0 Å². The second-order valence-electron chi connectivity index (χ2n) is 11.3. The van der Waals surface area contributed by atoms with Crippen molar-refractivity contribution in [2.45, 2.75) is 6.29 Å². The second-order valence-corrected chi connectivity index (χ2v) is 11.3. The topological polar surface area (TPSA) is 200 Å². The fraction of sp³-hybridized carbons (Fsp3) is 0.583. The van der Waals surface area contributed by atoms with Crippen LogP contribution in [0.2, 0.25) is 0 Å². The molecule has 8 heterocycles. The Kier molecular flexibility index (Phi) is 8.83. The van der Waals surface area contributed by atoms with E-state index >= 15 is 0 Å². The number of nitrogens with one attached hydrogen (secondary N) is 8. The zero-order valence-electron chi connectivity index (χ0n) is 26.5. The summed E-state index contributed by atoms with van der Waals surface area (Å²) in [5, 5.41) is 47.0. The molecule has 0 aromatic carbocycles. The minimum atomic E-state index is -0.735. The first-order valence-electron chi connectivity index (χ1n) is 16.1. The maximum atomic E-state index is 5.03. The van der Waals surface area contributed by atoms with Crippen molar-refractivity contribution in [3.8, 4) is 0 Å². The van der Waals surface area contributed by atoms with Crippen molar-refractivity contribution < 1.29 is 4.81 Å². The third-order valence-electron chi connectivity index (χ3n) is 8.28. The standard InChI is InChI=1S/C24H43N24/c1-8-32-39(15-25-1)22-23(40-16-26-2-9-33-40)47(43-19-29-5-12-36-43)48(44-20-30-6-13-37-44,45-21-31-7-14-38-45)24(41-17-27-3-10-34-41)46(22)42-18-28-4-11-35-42/h1,5,10-13,16,20,24,27-29,31-33,36,38H,2-4,6-9,14-15,17-19,21H2/q+1. The highest BCUT2D eigenvalue weighted by Crippen LogP contribution is 2.43. The van der Waals surface area contributed by atoms with Crippen LogP contribution in [-0.2, 0) is 0 Å². The number of hydrazine groups is 6. The summed E-state index contributed by atoms with van der Waals surface area (Å²) in [7, 11) is 0. The zero-order chi connectivity index (χ0) is 32.2. The van der Waals surface area contributed by atoms with Gasteiger partial charge < -0.3 is 10.7 Å². The molecule has 0 spiro atoms. The predicted octanol–water partition coefficient (Wildman–Crippen LogP) is -5.66. The van der Waals surface area contributed by atoms with Crippen LogP contribution in [0.15, 0.2) is 54.3 Å². The molecule has 8 aliphatic heterocycles. The summed E-state index contributed by atoms with van der Waals surface area (Å²) in [4.78, 5) is 13.9. The molecule has 0 aliphatic carbocycles. The lowest BCUT2D eigenvalue weighted by Gasteiger charge is -2.63. The van der Waals surface area contributed by atoms with Gasteiger partial charge in [-0.15, -0.1) is 5.10 Å². The summed E-state index contributed by atoms with van der Waals surface area (Å²) in [6.45, 7) is 6.96. The van der Waals surface area contributed by atoms with Crippen LogP contribution < -0.4 is 43.0 Å². The molecule has 0 saturated carbocycles. The van der Waals surface area contributed by atoms with Gasteiger partial charge >= 0.3 is 6.29 Å². The lowest BCUT2D eigenvalue weighted by Crippen LogP contribution is -2.92. The SMILES string of the molecule is C1=CNN(N2C(N3C=NCCN3)=C(N3CN=CCN3)N(N3CNCC=N3)C(N3CNCC=N3)[N+]2(N2C=NCC=N2)N2CNCCN2)CN1. The number of quaternary nitrogens is 1. The summed E-state index contributed by atoms with van der Waals surface area (Å²) in [5.41, 5.74) is 14.3. The van der Waals surface area contributed by atoms with Crippen LogP contribution in [-0.4, -0.2) is 180 Å². The number of hydrazone groups is 3. The average Bonchev–Trinajstić information content (AvgIpc) is 3.19. The smallest absolute Gasteiger partial charge is 0.352 e. The lowest BCUT2D eigenvalue weighted by atomic mass is 10.4. The Morgan fingerprint density at radius 1 is 0.729 bits per heavy atom. The Balaban J connectivity index is 1.48. The summed E-state index contributed by atoms with van der Waals surface area (Å²) < 4.78 is 0. The van der Waals surface area contributed by atoms with Gasteiger partial charge in [-0.3, -0.25) is 35.9 Å². The molecule has 0 amide bonds. The summed E-state index contributed by atoms with van der Waals surface area (Å²) in [5.74, 6) is 1.41. The molecule has 1 saturated heterocycles. The van der Waals surface area contributed by atoms with Crippen LogP contribution in [0, 0.1) is 0 Å². The molecule has 48 heavy (non-hydrogen) atoms. The molecule has 24 heteroatoms. The summed E-state index contributed by atoms with van der Waals surface area (Å²) >= 11 is 0. The van der Waals surface area contributed by atoms with Crippen molar-refractivity contribution in [1.29, 1.82) is 0 Å². The van der Waals surface area contributed by atoms with Gasteiger partial charge in [-0.1, -0.05) is 10.2 Å². The van der Waals surface area contributed by atoms with E-state index in [1.165, 1.54) is 0 Å². The van der Waals surface area contributed by atoms with Gasteiger partial charge in [0.15, 0.2) is 12.2 Å². The quantitative estimate of drug-likeness (QED) is 0.119. The fourth-order valence-corrected chi connectivity index (χ4v) is 6.35. The first kappa shape index (κ1) is 30.7. The minimum Gasteiger partial charge on any atom is -0.374 e. The molecular formula is C24H43N24+. The Labute approximate surface area is 277 Å². The molecule has 1 fully saturated rings. The van der Waals surface area contributed by atoms with Crippen molar-refractivity contribution in [3.63, 3.8) is 0 Å². The van der Waals surface area contributed by atoms with E-state index in [9.17, 15) is 0 Å². The van der Waals surface area contributed by atoms with E-state index < -0.39 is 6.29 Å². The molecule has 8 rings (SSSR count). The van der Waals surface area contributed by atoms with Crippen molar-refractivity contribution in [2.75, 3.05) is 85.7 Å². The molecule has 2 unspecified atom stereocenters. The third-order valence-corrected chi connectivity index (χ3v) is 8.28. The highest BCUT2D eigenvalue weighted by Gasteiger charge is 2.70. The molecule has 0 radical (unpaired) electrons. The second kappa shape index (κ2) is 13.8. The first-order valence-corrected chi connectivity index (χ1v) is 16.1. The third kappa shape index (κ3) is 5.43. The van der Waals surface area contributed by atoms with Crippen molar-refractivity contribution >= 4 is 37.5 Å². The molecule has 0 bridgehead atoms. The fourth-order valence-electron chi connectivity index (χ4n) is 6.35. The number of rotatable bonds is 7. The number of nitrogens with zero attached hydrogens (tertiary/aromatic N) is 16. The summed E-state index contributed by atoms with van der Waals surface area (Å²) in [6.07, 6.45) is 14.0. The molecule has 8 N–H and O–H groups in total. The van der Waals surface area contributed by atoms with Gasteiger partial charge in [-0.05, 0) is 10.2 Å². The maximum Gasteiger partial charge on any atom is 0.352 e. The van der Waals surface area contributed by atoms with Crippen LogP contribution in [0.5, 0.6) is 0 Å². The Hall–Kier alpha value is -4.66. The van der Waals surface area contributed by atoms with E-state index in [2.05, 4.69) is 58.2 Å². The van der Waals surface area contributed by atoms with E-state index in [-0.39, 0.29) is 4.81 Å². The summed E-state index contributed by atoms with van der Waals surface area (Å²) in [6, 6.07) is 0. The van der Waals surface area contributed by atoms with E-state index in [0.29, 0.717) is 85.0 Å². The van der Waals surface area contributed by atoms with Gasteiger partial charge in [0.05, 0.1) is 37.3 Å². The monoisotopic (exact) mass is 667 g/mol. The lowest BCUT2D eigenvalue weighted by molar-refractivity contribution is -1.25. The van der Waals surface area contributed by atoms with Gasteiger partial charge in [0.2, 0.25) is 5.82 Å². The number of hydrogen-bond acceptors (Lipinski definition) is 23. The largest absolute Gasteiger partial charge is 0.374 e. The Morgan fingerprint density at radius 2 is 1.67 bits per heavy atom. The predicted molar refractivity (Wildman–Crippen MR) is 176 cm³/mol. The highest BCUT2D eigenvalue weighted by atomic mass is 16.3. The molecule has 2 atom stereocenters. The van der Waals surface area contributed by atoms with Crippen LogP contribution >= 0.6 is 0 Å². The molecule has 0 aromatic rings. The van der Waals surface area contributed by atoms with Gasteiger partial charge in [-0.2, -0.15) is 20.3 Å². The van der Waals surface area contributed by atoms with E-state index in [0.717, 1.165) is 12.4 Å². The van der Waals surface area contributed by atoms with Gasteiger partial charge in [0.1, 0.15) is 33.0 Å². The molecule has 0 aromatic heterocycles. The van der Waals surface area contributed by atoms with E-state index in [4.69, 9.17) is 30.3 Å². The van der Waals surface area contributed by atoms with E-state index in [1.54, 1.807) is 12.6 Å². The molecule has 24 nitrogen and oxygen atoms in total. The van der Waals surface area contributed by atoms with Gasteiger partial charge in [0.25, 0.3) is 0 Å². The van der Waals surface area contributed by atoms with Crippen LogP contribution in [0.4, 0.5) is 0 Å². The van der Waals surface area contributed by atoms with Gasteiger partial charge in [0, 0.05) is 63.8 Å². The van der Waals surface area contributed by atoms with Crippen LogP contribution in [0.1, 0.15) is 0 Å². The maximum absolute atomic E-state index is 5.03. The number of hydrogen-bond donors (Lipinski definition) is 8. The van der Waals surface area contributed by atoms with Crippen molar-refractivity contribution in [2.24, 2.45) is 30.3 Å². The molecule has 8 aliphatic rings.